The Morgan fingerprint density at radius 1 is 1.19 bits per heavy atom. The predicted molar refractivity (Wildman–Crippen MR) is 110 cm³/mol. The molecule has 0 aliphatic carbocycles. The summed E-state index contributed by atoms with van der Waals surface area (Å²) < 4.78 is 25.7. The van der Waals surface area contributed by atoms with Gasteiger partial charge in [-0.2, -0.15) is 0 Å². The van der Waals surface area contributed by atoms with E-state index in [-0.39, 0.29) is 35.2 Å². The molecule has 2 aromatic heterocycles. The highest BCUT2D eigenvalue weighted by Gasteiger charge is 2.17. The zero-order valence-electron chi connectivity index (χ0n) is 17.1. The van der Waals surface area contributed by atoms with E-state index in [4.69, 9.17) is 9.47 Å². The molecule has 0 bridgehead atoms. The van der Waals surface area contributed by atoms with E-state index in [1.165, 1.54) is 43.5 Å². The lowest BCUT2D eigenvalue weighted by Gasteiger charge is -2.15. The number of aromatic nitrogens is 3. The molecule has 0 fully saturated rings. The van der Waals surface area contributed by atoms with Gasteiger partial charge in [0.25, 0.3) is 11.5 Å². The van der Waals surface area contributed by atoms with E-state index < -0.39 is 17.8 Å². The first-order valence-corrected chi connectivity index (χ1v) is 9.30. The van der Waals surface area contributed by atoms with Crippen molar-refractivity contribution in [1.29, 1.82) is 0 Å². The van der Waals surface area contributed by atoms with Crippen LogP contribution in [0.15, 0.2) is 47.5 Å². The fourth-order valence-electron chi connectivity index (χ4n) is 2.60. The van der Waals surface area contributed by atoms with Crippen LogP contribution in [0.4, 0.5) is 4.39 Å². The van der Waals surface area contributed by atoms with Gasteiger partial charge in [-0.25, -0.2) is 14.4 Å². The predicted octanol–water partition coefficient (Wildman–Crippen LogP) is 2.22. The molecule has 162 valence electrons. The maximum absolute atomic E-state index is 14.4. The van der Waals surface area contributed by atoms with Crippen molar-refractivity contribution in [3.05, 3.63) is 64.6 Å². The molecule has 0 aliphatic rings. The number of nitrogens with one attached hydrogen (secondary N) is 1. The number of carbonyl (C=O) groups excluding carboxylic acids is 1. The fourth-order valence-corrected chi connectivity index (χ4v) is 2.60. The average Bonchev–Trinajstić information content (AvgIpc) is 2.73. The zero-order chi connectivity index (χ0) is 22.5. The molecule has 3 rings (SSSR count). The number of aliphatic hydroxyl groups excluding tert-OH is 1. The number of aromatic amines is 1. The number of ether oxygens (including phenoxy) is 2. The lowest BCUT2D eigenvalue weighted by atomic mass is 10.2. The third kappa shape index (κ3) is 5.43. The Morgan fingerprint density at radius 2 is 1.94 bits per heavy atom. The van der Waals surface area contributed by atoms with Gasteiger partial charge in [0.2, 0.25) is 0 Å². The van der Waals surface area contributed by atoms with Crippen LogP contribution in [0.5, 0.6) is 17.2 Å². The Balaban J connectivity index is 1.97. The summed E-state index contributed by atoms with van der Waals surface area (Å²) in [7, 11) is 2.99. The van der Waals surface area contributed by atoms with Gasteiger partial charge < -0.3 is 24.5 Å². The molecule has 2 N–H and O–H groups in total. The molecule has 0 spiro atoms. The van der Waals surface area contributed by atoms with Crippen LogP contribution in [0.2, 0.25) is 0 Å². The number of rotatable bonds is 7. The van der Waals surface area contributed by atoms with Crippen LogP contribution in [-0.2, 0) is 0 Å². The quantitative estimate of drug-likeness (QED) is 0.592. The zero-order valence-corrected chi connectivity index (χ0v) is 17.1. The van der Waals surface area contributed by atoms with E-state index >= 15 is 0 Å². The van der Waals surface area contributed by atoms with Crippen molar-refractivity contribution in [2.45, 2.75) is 13.0 Å². The number of nitrogens with zero attached hydrogens (tertiary/aromatic N) is 3. The molecule has 0 aliphatic heterocycles. The van der Waals surface area contributed by atoms with E-state index in [0.29, 0.717) is 11.3 Å². The summed E-state index contributed by atoms with van der Waals surface area (Å²) in [5, 5.41) is 9.27. The van der Waals surface area contributed by atoms with Gasteiger partial charge in [0.15, 0.2) is 11.5 Å². The lowest BCUT2D eigenvalue weighted by Crippen LogP contribution is -2.23. The van der Waals surface area contributed by atoms with Gasteiger partial charge in [0.05, 0.1) is 12.8 Å². The van der Waals surface area contributed by atoms with Crippen molar-refractivity contribution in [3.63, 3.8) is 0 Å². The van der Waals surface area contributed by atoms with Gasteiger partial charge in [-0.3, -0.25) is 9.59 Å². The Hall–Kier alpha value is -3.79. The number of benzene rings is 1. The van der Waals surface area contributed by atoms with E-state index in [9.17, 15) is 19.1 Å². The monoisotopic (exact) mass is 428 g/mol. The maximum atomic E-state index is 14.4. The second-order valence-electron chi connectivity index (χ2n) is 6.89. The van der Waals surface area contributed by atoms with Crippen molar-refractivity contribution in [2.24, 2.45) is 0 Å². The molecule has 1 amide bonds. The minimum atomic E-state index is -0.827. The summed E-state index contributed by atoms with van der Waals surface area (Å²) in [4.78, 5) is 35.4. The second-order valence-corrected chi connectivity index (χ2v) is 6.89. The summed E-state index contributed by atoms with van der Waals surface area (Å²) in [6.07, 6.45) is 2.09. The fraction of sp³-hybridized carbons (Fsp3) is 0.238. The summed E-state index contributed by atoms with van der Waals surface area (Å²) in [6, 6.07) is 7.06. The standard InChI is InChI=1S/C21H21FN4O5/c1-12(11-27)30-14-6-13(20-23-5-4-18(28)25-20)7-15(8-14)31-16-9-17(22)19(24-10-16)21(29)26(2)3/h4-10,12,27H,11H2,1-3H3,(H,23,25,28). The van der Waals surface area contributed by atoms with Crippen molar-refractivity contribution in [3.8, 4) is 28.6 Å². The first-order valence-electron chi connectivity index (χ1n) is 9.30. The number of hydrogen-bond acceptors (Lipinski definition) is 7. The molecule has 31 heavy (non-hydrogen) atoms. The molecule has 1 atom stereocenters. The van der Waals surface area contributed by atoms with Gasteiger partial charge >= 0.3 is 0 Å². The van der Waals surface area contributed by atoms with Crippen LogP contribution in [0, 0.1) is 5.82 Å². The number of hydrogen-bond donors (Lipinski definition) is 2. The summed E-state index contributed by atoms with van der Waals surface area (Å²) in [5.74, 6) is -0.479. The molecule has 3 aromatic rings. The van der Waals surface area contributed by atoms with E-state index in [0.717, 1.165) is 6.07 Å². The van der Waals surface area contributed by atoms with Crippen LogP contribution in [0.25, 0.3) is 11.4 Å². The Kier molecular flexibility index (Phi) is 6.61. The molecule has 2 heterocycles. The number of aliphatic hydroxyl groups is 1. The third-order valence-corrected chi connectivity index (χ3v) is 4.08. The number of halogens is 1. The van der Waals surface area contributed by atoms with Crippen LogP contribution in [-0.4, -0.2) is 57.7 Å². The molecule has 1 aromatic carbocycles. The van der Waals surface area contributed by atoms with Crippen LogP contribution in [0.3, 0.4) is 0 Å². The summed E-state index contributed by atoms with van der Waals surface area (Å²) >= 11 is 0. The topological polar surface area (TPSA) is 118 Å². The van der Waals surface area contributed by atoms with Crippen LogP contribution < -0.4 is 15.0 Å². The lowest BCUT2D eigenvalue weighted by molar-refractivity contribution is 0.0817. The van der Waals surface area contributed by atoms with E-state index in [1.54, 1.807) is 19.1 Å². The third-order valence-electron chi connectivity index (χ3n) is 4.08. The SMILES string of the molecule is CC(CO)Oc1cc(Oc2cnc(C(=O)N(C)C)c(F)c2)cc(-c2nccc(=O)[nH]2)c1. The number of H-pyrrole nitrogens is 1. The van der Waals surface area contributed by atoms with Crippen LogP contribution in [0.1, 0.15) is 17.4 Å². The van der Waals surface area contributed by atoms with E-state index in [2.05, 4.69) is 15.0 Å². The van der Waals surface area contributed by atoms with E-state index in [1.807, 2.05) is 0 Å². The minimum Gasteiger partial charge on any atom is -0.488 e. The van der Waals surface area contributed by atoms with Gasteiger partial charge in [0.1, 0.15) is 29.2 Å². The molecule has 0 saturated carbocycles. The highest BCUT2D eigenvalue weighted by molar-refractivity contribution is 5.92. The number of pyridine rings is 1. The van der Waals surface area contributed by atoms with Gasteiger partial charge in [-0.1, -0.05) is 0 Å². The molecule has 10 heteroatoms. The molecular formula is C21H21FN4O5. The molecule has 9 nitrogen and oxygen atoms in total. The highest BCUT2D eigenvalue weighted by Crippen LogP contribution is 2.31. The van der Waals surface area contributed by atoms with Crippen molar-refractivity contribution in [2.75, 3.05) is 20.7 Å². The highest BCUT2D eigenvalue weighted by atomic mass is 19.1. The maximum Gasteiger partial charge on any atom is 0.274 e. The summed E-state index contributed by atoms with van der Waals surface area (Å²) in [5.41, 5.74) is -0.184. The first kappa shape index (κ1) is 21.9. The normalized spacial score (nSPS) is 11.6. The van der Waals surface area contributed by atoms with Gasteiger partial charge in [-0.05, 0) is 19.1 Å². The van der Waals surface area contributed by atoms with Gasteiger partial charge in [0, 0.05) is 44.1 Å². The Labute approximate surface area is 177 Å². The Morgan fingerprint density at radius 3 is 2.58 bits per heavy atom. The minimum absolute atomic E-state index is 0.0561. The van der Waals surface area contributed by atoms with Crippen molar-refractivity contribution < 1.29 is 23.8 Å². The van der Waals surface area contributed by atoms with Crippen molar-refractivity contribution >= 4 is 5.91 Å². The molecule has 0 radical (unpaired) electrons. The number of amides is 1. The van der Waals surface area contributed by atoms with Gasteiger partial charge in [-0.15, -0.1) is 0 Å². The smallest absolute Gasteiger partial charge is 0.274 e. The second kappa shape index (κ2) is 9.35. The molecule has 0 saturated heterocycles. The van der Waals surface area contributed by atoms with Crippen molar-refractivity contribution in [1.82, 2.24) is 19.9 Å². The molecule has 1 unspecified atom stereocenters. The van der Waals surface area contributed by atoms with Crippen LogP contribution >= 0.6 is 0 Å². The Bertz CT molecular complexity index is 1150. The largest absolute Gasteiger partial charge is 0.488 e. The first-order chi connectivity index (χ1) is 14.8. The number of carbonyl (C=O) groups is 1. The average molecular weight is 428 g/mol. The molecular weight excluding hydrogens is 407 g/mol. The summed E-state index contributed by atoms with van der Waals surface area (Å²) in [6.45, 7) is 1.47.